The van der Waals surface area contributed by atoms with Gasteiger partial charge in [0.15, 0.2) is 0 Å². The van der Waals surface area contributed by atoms with Crippen molar-refractivity contribution in [3.63, 3.8) is 0 Å². The fourth-order valence-electron chi connectivity index (χ4n) is 2.31. The lowest BCUT2D eigenvalue weighted by molar-refractivity contribution is -0.136. The number of piperidine rings is 1. The Morgan fingerprint density at radius 3 is 2.90 bits per heavy atom. The Hall–Kier alpha value is -2.04. The van der Waals surface area contributed by atoms with E-state index < -0.39 is 0 Å². The van der Waals surface area contributed by atoms with Crippen LogP contribution in [0.15, 0.2) is 18.2 Å². The van der Waals surface area contributed by atoms with Gasteiger partial charge in [-0.25, -0.2) is 0 Å². The molecule has 0 spiro atoms. The number of amides is 2. The molecule has 1 heterocycles. The molecule has 2 rings (SSSR count). The van der Waals surface area contributed by atoms with Gasteiger partial charge in [0.1, 0.15) is 5.75 Å². The fourth-order valence-corrected chi connectivity index (χ4v) is 2.31. The van der Waals surface area contributed by atoms with Gasteiger partial charge in [-0.1, -0.05) is 6.07 Å². The molecular formula is C15H20N2O3. The first-order valence-corrected chi connectivity index (χ1v) is 6.82. The maximum Gasteiger partial charge on any atom is 0.244 e. The molecule has 0 unspecified atom stereocenters. The Labute approximate surface area is 118 Å². The third-order valence-corrected chi connectivity index (χ3v) is 3.38. The summed E-state index contributed by atoms with van der Waals surface area (Å²) in [6.07, 6.45) is 2.43. The number of ether oxygens (including phenoxy) is 1. The molecule has 0 radical (unpaired) electrons. The second-order valence-electron chi connectivity index (χ2n) is 5.02. The summed E-state index contributed by atoms with van der Waals surface area (Å²) in [7, 11) is 1.56. The molecule has 5 nitrogen and oxygen atoms in total. The first-order valence-electron chi connectivity index (χ1n) is 6.82. The van der Waals surface area contributed by atoms with Crippen LogP contribution in [0, 0.1) is 6.92 Å². The number of nitrogens with zero attached hydrogens (tertiary/aromatic N) is 1. The molecule has 0 saturated carbocycles. The van der Waals surface area contributed by atoms with Crippen LogP contribution in [-0.2, 0) is 9.59 Å². The normalized spacial score (nSPS) is 15.1. The number of hydrogen-bond donors (Lipinski definition) is 1. The van der Waals surface area contributed by atoms with Crippen LogP contribution in [0.4, 0.5) is 5.69 Å². The van der Waals surface area contributed by atoms with Crippen LogP contribution in [0.3, 0.4) is 0 Å². The number of benzene rings is 1. The van der Waals surface area contributed by atoms with Gasteiger partial charge in [0.2, 0.25) is 11.8 Å². The Morgan fingerprint density at radius 1 is 1.40 bits per heavy atom. The number of carbonyl (C=O) groups excluding carboxylic acids is 2. The molecule has 1 saturated heterocycles. The number of likely N-dealkylation sites (tertiary alicyclic amines) is 1. The van der Waals surface area contributed by atoms with Gasteiger partial charge in [0.25, 0.3) is 0 Å². The number of aryl methyl sites for hydroxylation is 1. The molecule has 0 atom stereocenters. The van der Waals surface area contributed by atoms with Gasteiger partial charge in [-0.15, -0.1) is 0 Å². The molecule has 0 aromatic heterocycles. The van der Waals surface area contributed by atoms with Gasteiger partial charge in [-0.2, -0.15) is 0 Å². The van der Waals surface area contributed by atoms with E-state index in [-0.39, 0.29) is 18.4 Å². The summed E-state index contributed by atoms with van der Waals surface area (Å²) in [5.74, 6) is 0.487. The first kappa shape index (κ1) is 14.4. The summed E-state index contributed by atoms with van der Waals surface area (Å²) in [6.45, 7) is 2.72. The molecule has 20 heavy (non-hydrogen) atoms. The Balaban J connectivity index is 2.00. The molecule has 1 N–H and O–H groups in total. The average molecular weight is 276 g/mol. The first-order chi connectivity index (χ1) is 9.60. The van der Waals surface area contributed by atoms with Crippen molar-refractivity contribution in [2.45, 2.75) is 26.2 Å². The lowest BCUT2D eigenvalue weighted by Crippen LogP contribution is -2.40. The zero-order chi connectivity index (χ0) is 14.5. The number of rotatable bonds is 4. The van der Waals surface area contributed by atoms with Crippen molar-refractivity contribution in [2.24, 2.45) is 0 Å². The van der Waals surface area contributed by atoms with Gasteiger partial charge in [0.05, 0.1) is 19.3 Å². The van der Waals surface area contributed by atoms with E-state index in [1.54, 1.807) is 12.0 Å². The highest BCUT2D eigenvalue weighted by Crippen LogP contribution is 2.25. The second-order valence-corrected chi connectivity index (χ2v) is 5.02. The molecule has 1 fully saturated rings. The molecule has 5 heteroatoms. The van der Waals surface area contributed by atoms with Crippen molar-refractivity contribution in [3.8, 4) is 5.75 Å². The van der Waals surface area contributed by atoms with Gasteiger partial charge in [-0.05, 0) is 37.5 Å². The lowest BCUT2D eigenvalue weighted by Gasteiger charge is -2.26. The number of anilines is 1. The van der Waals surface area contributed by atoms with E-state index in [2.05, 4.69) is 5.32 Å². The highest BCUT2D eigenvalue weighted by atomic mass is 16.5. The van der Waals surface area contributed by atoms with Crippen LogP contribution in [0.25, 0.3) is 0 Å². The van der Waals surface area contributed by atoms with Crippen LogP contribution in [-0.4, -0.2) is 36.9 Å². The molecule has 1 aliphatic heterocycles. The van der Waals surface area contributed by atoms with Crippen LogP contribution in [0.5, 0.6) is 5.75 Å². The van der Waals surface area contributed by atoms with Crippen LogP contribution < -0.4 is 10.1 Å². The van der Waals surface area contributed by atoms with Crippen LogP contribution in [0.1, 0.15) is 24.8 Å². The van der Waals surface area contributed by atoms with Crippen molar-refractivity contribution < 1.29 is 14.3 Å². The molecular weight excluding hydrogens is 256 g/mol. The molecule has 1 aromatic carbocycles. The van der Waals surface area contributed by atoms with E-state index in [9.17, 15) is 9.59 Å². The topological polar surface area (TPSA) is 58.6 Å². The monoisotopic (exact) mass is 276 g/mol. The Kier molecular flexibility index (Phi) is 4.61. The highest BCUT2D eigenvalue weighted by Gasteiger charge is 2.20. The smallest absolute Gasteiger partial charge is 0.244 e. The predicted molar refractivity (Wildman–Crippen MR) is 76.8 cm³/mol. The van der Waals surface area contributed by atoms with Crippen molar-refractivity contribution in [2.75, 3.05) is 25.5 Å². The predicted octanol–water partition coefficient (Wildman–Crippen LogP) is 1.95. The largest absolute Gasteiger partial charge is 0.495 e. The highest BCUT2D eigenvalue weighted by molar-refractivity contribution is 5.95. The van der Waals surface area contributed by atoms with Gasteiger partial charge < -0.3 is 15.0 Å². The summed E-state index contributed by atoms with van der Waals surface area (Å²) < 4.78 is 5.22. The van der Waals surface area contributed by atoms with Gasteiger partial charge in [0, 0.05) is 13.0 Å². The van der Waals surface area contributed by atoms with Crippen LogP contribution >= 0.6 is 0 Å². The van der Waals surface area contributed by atoms with Crippen molar-refractivity contribution in [1.82, 2.24) is 4.90 Å². The summed E-state index contributed by atoms with van der Waals surface area (Å²) >= 11 is 0. The van der Waals surface area contributed by atoms with Crippen molar-refractivity contribution >= 4 is 17.5 Å². The molecule has 1 aromatic rings. The van der Waals surface area contributed by atoms with Crippen molar-refractivity contribution in [3.05, 3.63) is 23.8 Å². The number of carbonyl (C=O) groups is 2. The lowest BCUT2D eigenvalue weighted by atomic mass is 10.1. The molecule has 108 valence electrons. The Morgan fingerprint density at radius 2 is 2.20 bits per heavy atom. The van der Waals surface area contributed by atoms with Gasteiger partial charge >= 0.3 is 0 Å². The quantitative estimate of drug-likeness (QED) is 0.914. The minimum absolute atomic E-state index is 0.0580. The van der Waals surface area contributed by atoms with E-state index in [0.29, 0.717) is 24.4 Å². The second kappa shape index (κ2) is 6.41. The minimum Gasteiger partial charge on any atom is -0.495 e. The fraction of sp³-hybridized carbons (Fsp3) is 0.467. The van der Waals surface area contributed by atoms with E-state index in [0.717, 1.165) is 18.4 Å². The summed E-state index contributed by atoms with van der Waals surface area (Å²) in [6, 6.07) is 5.59. The average Bonchev–Trinajstić information content (AvgIpc) is 2.41. The SMILES string of the molecule is COc1ccc(C)cc1NC(=O)CN1CCCCC1=O. The van der Waals surface area contributed by atoms with E-state index >= 15 is 0 Å². The molecule has 0 aliphatic carbocycles. The van der Waals surface area contributed by atoms with Crippen molar-refractivity contribution in [1.29, 1.82) is 0 Å². The zero-order valence-corrected chi connectivity index (χ0v) is 11.9. The van der Waals surface area contributed by atoms with E-state index in [1.807, 2.05) is 25.1 Å². The maximum absolute atomic E-state index is 12.0. The number of hydrogen-bond acceptors (Lipinski definition) is 3. The summed E-state index contributed by atoms with van der Waals surface area (Å²) in [5.41, 5.74) is 1.68. The standard InChI is InChI=1S/C15H20N2O3/c1-11-6-7-13(20-2)12(9-11)16-14(18)10-17-8-4-3-5-15(17)19/h6-7,9H,3-5,8,10H2,1-2H3,(H,16,18). The van der Waals surface area contributed by atoms with Gasteiger partial charge in [-0.3, -0.25) is 9.59 Å². The minimum atomic E-state index is -0.191. The molecule has 0 bridgehead atoms. The van der Waals surface area contributed by atoms with Crippen LogP contribution in [0.2, 0.25) is 0 Å². The maximum atomic E-state index is 12.0. The molecule has 1 aliphatic rings. The van der Waals surface area contributed by atoms with E-state index in [1.165, 1.54) is 0 Å². The summed E-state index contributed by atoms with van der Waals surface area (Å²) in [5, 5.41) is 2.81. The third-order valence-electron chi connectivity index (χ3n) is 3.38. The third kappa shape index (κ3) is 3.50. The van der Waals surface area contributed by atoms with E-state index in [4.69, 9.17) is 4.74 Å². The number of methoxy groups -OCH3 is 1. The summed E-state index contributed by atoms with van der Waals surface area (Å²) in [4.78, 5) is 25.3. The zero-order valence-electron chi connectivity index (χ0n) is 11.9. The Bertz CT molecular complexity index is 514. The molecule has 2 amide bonds. The number of nitrogens with one attached hydrogen (secondary N) is 1.